The van der Waals surface area contributed by atoms with Crippen LogP contribution in [0.3, 0.4) is 0 Å². The summed E-state index contributed by atoms with van der Waals surface area (Å²) in [5.41, 5.74) is 1.03. The van der Waals surface area contributed by atoms with E-state index in [-0.39, 0.29) is 11.6 Å². The van der Waals surface area contributed by atoms with E-state index >= 15 is 0 Å². The van der Waals surface area contributed by atoms with Gasteiger partial charge in [0.2, 0.25) is 5.75 Å². The largest absolute Gasteiger partial charge is 0.493 e. The fraction of sp³-hybridized carbons (Fsp3) is 0.600. The van der Waals surface area contributed by atoms with Gasteiger partial charge in [-0.05, 0) is 31.5 Å². The van der Waals surface area contributed by atoms with Crippen molar-refractivity contribution < 1.29 is 18.9 Å². The first-order valence-electron chi connectivity index (χ1n) is 6.67. The standard InChI is InChI=1S/C15H23NO4/c1-15(2)9-20-13(8-16-15)10-6-11(17-3)14(19-5)12(7-10)18-4/h6-7,13,16H,8-9H2,1-5H3. The highest BCUT2D eigenvalue weighted by molar-refractivity contribution is 5.54. The van der Waals surface area contributed by atoms with Gasteiger partial charge in [0.1, 0.15) is 0 Å². The predicted octanol–water partition coefficient (Wildman–Crippen LogP) is 2.15. The molecular formula is C15H23NO4. The molecule has 1 saturated heterocycles. The minimum atomic E-state index is -0.0169. The molecule has 1 unspecified atom stereocenters. The monoisotopic (exact) mass is 281 g/mol. The molecule has 1 N–H and O–H groups in total. The maximum atomic E-state index is 5.94. The highest BCUT2D eigenvalue weighted by Crippen LogP contribution is 2.40. The van der Waals surface area contributed by atoms with Crippen LogP contribution < -0.4 is 19.5 Å². The van der Waals surface area contributed by atoms with Crippen molar-refractivity contribution in [2.45, 2.75) is 25.5 Å². The van der Waals surface area contributed by atoms with E-state index in [0.717, 1.165) is 12.1 Å². The summed E-state index contributed by atoms with van der Waals surface area (Å²) < 4.78 is 22.0. The Morgan fingerprint density at radius 1 is 1.10 bits per heavy atom. The Bertz CT molecular complexity index is 438. The first-order chi connectivity index (χ1) is 9.50. The summed E-state index contributed by atoms with van der Waals surface area (Å²) in [5.74, 6) is 1.90. The van der Waals surface area contributed by atoms with Crippen LogP contribution in [0.15, 0.2) is 12.1 Å². The fourth-order valence-electron chi connectivity index (χ4n) is 2.29. The number of nitrogens with one attached hydrogen (secondary N) is 1. The molecule has 1 aliphatic heterocycles. The van der Waals surface area contributed by atoms with Gasteiger partial charge < -0.3 is 24.3 Å². The maximum Gasteiger partial charge on any atom is 0.203 e. The minimum absolute atomic E-state index is 0.0111. The summed E-state index contributed by atoms with van der Waals surface area (Å²) in [7, 11) is 4.83. The Morgan fingerprint density at radius 2 is 1.70 bits per heavy atom. The van der Waals surface area contributed by atoms with Crippen molar-refractivity contribution >= 4 is 0 Å². The molecule has 1 aromatic carbocycles. The van der Waals surface area contributed by atoms with E-state index in [2.05, 4.69) is 19.2 Å². The first-order valence-corrected chi connectivity index (χ1v) is 6.67. The van der Waals surface area contributed by atoms with Gasteiger partial charge in [-0.15, -0.1) is 0 Å². The van der Waals surface area contributed by atoms with E-state index in [4.69, 9.17) is 18.9 Å². The number of methoxy groups -OCH3 is 3. The normalized spacial score (nSPS) is 21.4. The molecule has 1 aromatic rings. The van der Waals surface area contributed by atoms with Gasteiger partial charge in [0.05, 0.1) is 34.0 Å². The smallest absolute Gasteiger partial charge is 0.203 e. The van der Waals surface area contributed by atoms with Gasteiger partial charge in [-0.3, -0.25) is 0 Å². The molecule has 0 saturated carbocycles. The summed E-state index contributed by atoms with van der Waals surface area (Å²) in [6.07, 6.45) is -0.0169. The van der Waals surface area contributed by atoms with Crippen molar-refractivity contribution in [2.75, 3.05) is 34.5 Å². The van der Waals surface area contributed by atoms with Crippen molar-refractivity contribution in [3.63, 3.8) is 0 Å². The number of ether oxygens (including phenoxy) is 4. The van der Waals surface area contributed by atoms with Crippen LogP contribution in [0.1, 0.15) is 25.5 Å². The lowest BCUT2D eigenvalue weighted by atomic mass is 10.0. The number of benzene rings is 1. The zero-order valence-electron chi connectivity index (χ0n) is 12.8. The average Bonchev–Trinajstić information content (AvgIpc) is 2.45. The second-order valence-corrected chi connectivity index (χ2v) is 5.52. The van der Waals surface area contributed by atoms with Gasteiger partial charge in [0.15, 0.2) is 11.5 Å². The maximum absolute atomic E-state index is 5.94. The highest BCUT2D eigenvalue weighted by Gasteiger charge is 2.29. The van der Waals surface area contributed by atoms with Crippen LogP contribution >= 0.6 is 0 Å². The zero-order chi connectivity index (χ0) is 14.8. The molecule has 0 amide bonds. The topological polar surface area (TPSA) is 49.0 Å². The SMILES string of the molecule is COc1cc(C2CNC(C)(C)CO2)cc(OC)c1OC. The van der Waals surface area contributed by atoms with Crippen LogP contribution in [0.2, 0.25) is 0 Å². The third-order valence-corrected chi connectivity index (χ3v) is 3.47. The van der Waals surface area contributed by atoms with Crippen LogP contribution in [0, 0.1) is 0 Å². The van der Waals surface area contributed by atoms with Crippen molar-refractivity contribution in [1.29, 1.82) is 0 Å². The van der Waals surface area contributed by atoms with Crippen LogP contribution in [0.4, 0.5) is 0 Å². The molecule has 112 valence electrons. The summed E-state index contributed by atoms with van der Waals surface area (Å²) >= 11 is 0. The van der Waals surface area contributed by atoms with E-state index in [1.54, 1.807) is 21.3 Å². The molecule has 5 heteroatoms. The third kappa shape index (κ3) is 2.99. The van der Waals surface area contributed by atoms with Crippen LogP contribution in [-0.2, 0) is 4.74 Å². The molecule has 0 aliphatic carbocycles. The van der Waals surface area contributed by atoms with Gasteiger partial charge in [-0.25, -0.2) is 0 Å². The molecule has 0 radical (unpaired) electrons. The molecule has 1 aliphatic rings. The Kier molecular flexibility index (Phi) is 4.40. The molecule has 1 fully saturated rings. The molecule has 0 spiro atoms. The number of morpholine rings is 1. The molecule has 20 heavy (non-hydrogen) atoms. The molecule has 0 bridgehead atoms. The van der Waals surface area contributed by atoms with E-state index in [0.29, 0.717) is 23.9 Å². The van der Waals surface area contributed by atoms with Crippen LogP contribution in [0.5, 0.6) is 17.2 Å². The molecule has 1 heterocycles. The molecular weight excluding hydrogens is 258 g/mol. The van der Waals surface area contributed by atoms with E-state index < -0.39 is 0 Å². The summed E-state index contributed by atoms with van der Waals surface area (Å²) in [6, 6.07) is 3.87. The Hall–Kier alpha value is -1.46. The Morgan fingerprint density at radius 3 is 2.10 bits per heavy atom. The molecule has 5 nitrogen and oxygen atoms in total. The molecule has 2 rings (SSSR count). The Balaban J connectivity index is 2.29. The highest BCUT2D eigenvalue weighted by atomic mass is 16.5. The summed E-state index contributed by atoms with van der Waals surface area (Å²) in [6.45, 7) is 5.66. The fourth-order valence-corrected chi connectivity index (χ4v) is 2.29. The van der Waals surface area contributed by atoms with Gasteiger partial charge >= 0.3 is 0 Å². The van der Waals surface area contributed by atoms with Crippen molar-refractivity contribution in [3.05, 3.63) is 17.7 Å². The number of hydrogen-bond donors (Lipinski definition) is 1. The average molecular weight is 281 g/mol. The summed E-state index contributed by atoms with van der Waals surface area (Å²) in [4.78, 5) is 0. The van der Waals surface area contributed by atoms with Crippen molar-refractivity contribution in [2.24, 2.45) is 0 Å². The van der Waals surface area contributed by atoms with Gasteiger partial charge in [0.25, 0.3) is 0 Å². The zero-order valence-corrected chi connectivity index (χ0v) is 12.8. The lowest BCUT2D eigenvalue weighted by molar-refractivity contribution is -0.0230. The van der Waals surface area contributed by atoms with E-state index in [9.17, 15) is 0 Å². The first kappa shape index (κ1) is 14.9. The van der Waals surface area contributed by atoms with Crippen molar-refractivity contribution in [3.8, 4) is 17.2 Å². The third-order valence-electron chi connectivity index (χ3n) is 3.47. The predicted molar refractivity (Wildman–Crippen MR) is 76.9 cm³/mol. The second-order valence-electron chi connectivity index (χ2n) is 5.52. The van der Waals surface area contributed by atoms with E-state index in [1.165, 1.54) is 0 Å². The quantitative estimate of drug-likeness (QED) is 0.916. The lowest BCUT2D eigenvalue weighted by Crippen LogP contribution is -2.50. The molecule has 0 aromatic heterocycles. The van der Waals surface area contributed by atoms with Crippen LogP contribution in [-0.4, -0.2) is 40.0 Å². The number of hydrogen-bond acceptors (Lipinski definition) is 5. The lowest BCUT2D eigenvalue weighted by Gasteiger charge is -2.36. The van der Waals surface area contributed by atoms with Gasteiger partial charge in [-0.1, -0.05) is 0 Å². The second kappa shape index (κ2) is 5.89. The summed E-state index contributed by atoms with van der Waals surface area (Å²) in [5, 5.41) is 3.47. The Labute approximate surface area is 120 Å². The van der Waals surface area contributed by atoms with Gasteiger partial charge in [0, 0.05) is 12.1 Å². The molecule has 1 atom stereocenters. The van der Waals surface area contributed by atoms with Crippen LogP contribution in [0.25, 0.3) is 0 Å². The number of rotatable bonds is 4. The van der Waals surface area contributed by atoms with Crippen molar-refractivity contribution in [1.82, 2.24) is 5.32 Å². The minimum Gasteiger partial charge on any atom is -0.493 e. The van der Waals surface area contributed by atoms with E-state index in [1.807, 2.05) is 12.1 Å². The van der Waals surface area contributed by atoms with Gasteiger partial charge in [-0.2, -0.15) is 0 Å².